The number of amides is 3. The van der Waals surface area contributed by atoms with Gasteiger partial charge in [0, 0.05) is 30.2 Å². The summed E-state index contributed by atoms with van der Waals surface area (Å²) in [6.07, 6.45) is 1.79. The number of aryl methyl sites for hydroxylation is 1. The number of nitrogens with one attached hydrogen (secondary N) is 1. The van der Waals surface area contributed by atoms with E-state index in [1.807, 2.05) is 41.5 Å². The fourth-order valence-electron chi connectivity index (χ4n) is 3.81. The predicted octanol–water partition coefficient (Wildman–Crippen LogP) is 3.11. The maximum atomic E-state index is 12.9. The average Bonchev–Trinajstić information content (AvgIpc) is 2.99. The number of rotatable bonds is 3. The van der Waals surface area contributed by atoms with Crippen LogP contribution in [0.3, 0.4) is 0 Å². The Balaban J connectivity index is 1.49. The molecule has 1 N–H and O–H groups in total. The van der Waals surface area contributed by atoms with Gasteiger partial charge in [-0.15, -0.1) is 11.3 Å². The van der Waals surface area contributed by atoms with Gasteiger partial charge in [0.2, 0.25) is 5.91 Å². The van der Waals surface area contributed by atoms with Crippen LogP contribution < -0.4 is 5.32 Å². The van der Waals surface area contributed by atoms with Crippen molar-refractivity contribution >= 4 is 29.0 Å². The van der Waals surface area contributed by atoms with Gasteiger partial charge in [-0.25, -0.2) is 9.78 Å². The van der Waals surface area contributed by atoms with Crippen LogP contribution >= 0.6 is 11.3 Å². The second kappa shape index (κ2) is 7.07. The quantitative estimate of drug-likeness (QED) is 0.903. The van der Waals surface area contributed by atoms with Crippen molar-refractivity contribution in [2.45, 2.75) is 32.4 Å². The first-order chi connectivity index (χ1) is 12.6. The fraction of sp³-hybridized carbons (Fsp3) is 0.421. The van der Waals surface area contributed by atoms with Crippen LogP contribution in [0.1, 0.15) is 24.1 Å². The molecule has 1 aromatic carbocycles. The number of piperidine rings is 1. The molecule has 0 radical (unpaired) electrons. The Morgan fingerprint density at radius 2 is 2.15 bits per heavy atom. The Bertz CT molecular complexity index is 808. The Hall–Kier alpha value is -2.41. The minimum absolute atomic E-state index is 0.0607. The van der Waals surface area contributed by atoms with Gasteiger partial charge in [0.15, 0.2) is 0 Å². The molecular formula is C19H22N4O2S. The zero-order valence-corrected chi connectivity index (χ0v) is 15.5. The molecule has 5 rings (SSSR count). The van der Waals surface area contributed by atoms with Crippen LogP contribution in [-0.4, -0.2) is 45.9 Å². The molecule has 3 aliphatic rings. The summed E-state index contributed by atoms with van der Waals surface area (Å²) in [6, 6.07) is 7.67. The molecule has 6 nitrogen and oxygen atoms in total. The molecule has 2 bridgehead atoms. The van der Waals surface area contributed by atoms with Gasteiger partial charge >= 0.3 is 6.03 Å². The highest BCUT2D eigenvalue weighted by Crippen LogP contribution is 2.30. The van der Waals surface area contributed by atoms with Gasteiger partial charge in [0.05, 0.1) is 23.7 Å². The Kier molecular flexibility index (Phi) is 4.63. The van der Waals surface area contributed by atoms with E-state index >= 15 is 0 Å². The molecule has 2 atom stereocenters. The summed E-state index contributed by atoms with van der Waals surface area (Å²) in [5.74, 6) is 0.0375. The highest BCUT2D eigenvalue weighted by Gasteiger charge is 2.42. The summed E-state index contributed by atoms with van der Waals surface area (Å²) in [4.78, 5) is 33.7. The molecule has 3 amide bonds. The zero-order chi connectivity index (χ0) is 18.1. The second-order valence-corrected chi connectivity index (χ2v) is 7.74. The molecule has 0 saturated carbocycles. The van der Waals surface area contributed by atoms with Gasteiger partial charge in [-0.2, -0.15) is 0 Å². The van der Waals surface area contributed by atoms with Crippen molar-refractivity contribution in [2.24, 2.45) is 5.92 Å². The second-order valence-electron chi connectivity index (χ2n) is 7.02. The van der Waals surface area contributed by atoms with Gasteiger partial charge in [0.25, 0.3) is 0 Å². The lowest BCUT2D eigenvalue weighted by Gasteiger charge is -2.35. The Labute approximate surface area is 156 Å². The van der Waals surface area contributed by atoms with E-state index in [1.54, 1.807) is 10.4 Å². The molecule has 0 aliphatic carbocycles. The lowest BCUT2D eigenvalue weighted by Crippen LogP contribution is -2.47. The summed E-state index contributed by atoms with van der Waals surface area (Å²) in [6.45, 7) is 3.57. The van der Waals surface area contributed by atoms with Crippen LogP contribution in [0.25, 0.3) is 0 Å². The number of benzene rings is 1. The van der Waals surface area contributed by atoms with Gasteiger partial charge in [-0.3, -0.25) is 4.79 Å². The number of fused-ring (bicyclic) bond motifs is 4. The smallest absolute Gasteiger partial charge is 0.321 e. The number of nitrogens with zero attached hydrogens (tertiary/aromatic N) is 3. The lowest BCUT2D eigenvalue weighted by molar-refractivity contribution is -0.140. The number of thiazole rings is 1. The molecule has 136 valence electrons. The third-order valence-electron chi connectivity index (χ3n) is 5.28. The topological polar surface area (TPSA) is 65.5 Å². The van der Waals surface area contributed by atoms with Crippen molar-refractivity contribution in [1.82, 2.24) is 14.8 Å². The van der Waals surface area contributed by atoms with Gasteiger partial charge in [-0.05, 0) is 31.4 Å². The fourth-order valence-corrected chi connectivity index (χ4v) is 4.36. The zero-order valence-electron chi connectivity index (χ0n) is 14.7. The molecule has 2 aromatic rings. The Morgan fingerprint density at radius 1 is 1.31 bits per heavy atom. The highest BCUT2D eigenvalue weighted by atomic mass is 32.1. The van der Waals surface area contributed by atoms with Crippen LogP contribution in [0.5, 0.6) is 0 Å². The van der Waals surface area contributed by atoms with E-state index in [2.05, 4.69) is 10.3 Å². The molecule has 3 aliphatic heterocycles. The van der Waals surface area contributed by atoms with Crippen molar-refractivity contribution < 1.29 is 9.59 Å². The van der Waals surface area contributed by atoms with E-state index < -0.39 is 0 Å². The highest BCUT2D eigenvalue weighted by molar-refractivity contribution is 7.07. The van der Waals surface area contributed by atoms with Crippen molar-refractivity contribution in [3.05, 3.63) is 46.4 Å². The van der Waals surface area contributed by atoms with Crippen LogP contribution in [-0.2, 0) is 11.3 Å². The summed E-state index contributed by atoms with van der Waals surface area (Å²) >= 11 is 1.54. The standard InChI is InChI=1S/C19H22N4O2S/c1-13-4-2-3-5-17(13)21-19(25)22-8-14-6-7-16(10-22)23(18(14)24)9-15-11-26-12-20-15/h2-5,11-12,14,16H,6-10H2,1H3,(H,21,25)/t14-,16+/m1/s1. The van der Waals surface area contributed by atoms with Crippen LogP contribution in [0.15, 0.2) is 35.2 Å². The van der Waals surface area contributed by atoms with Gasteiger partial charge in [-0.1, -0.05) is 18.2 Å². The van der Waals surface area contributed by atoms with E-state index in [-0.39, 0.29) is 23.9 Å². The van der Waals surface area contributed by atoms with Crippen molar-refractivity contribution in [3.63, 3.8) is 0 Å². The minimum Gasteiger partial charge on any atom is -0.332 e. The van der Waals surface area contributed by atoms with Crippen molar-refractivity contribution in [2.75, 3.05) is 18.4 Å². The van der Waals surface area contributed by atoms with Gasteiger partial charge in [0.1, 0.15) is 0 Å². The van der Waals surface area contributed by atoms with E-state index in [9.17, 15) is 9.59 Å². The lowest BCUT2D eigenvalue weighted by atomic mass is 9.94. The first kappa shape index (κ1) is 17.0. The number of aromatic nitrogens is 1. The van der Waals surface area contributed by atoms with Crippen LogP contribution in [0, 0.1) is 12.8 Å². The number of para-hydroxylation sites is 1. The largest absolute Gasteiger partial charge is 0.332 e. The van der Waals surface area contributed by atoms with E-state index in [1.165, 1.54) is 11.3 Å². The normalized spacial score (nSPS) is 22.4. The predicted molar refractivity (Wildman–Crippen MR) is 101 cm³/mol. The average molecular weight is 370 g/mol. The third-order valence-corrected chi connectivity index (χ3v) is 5.92. The van der Waals surface area contributed by atoms with Crippen LogP contribution in [0.2, 0.25) is 0 Å². The number of hydrogen-bond donors (Lipinski definition) is 1. The minimum atomic E-state index is -0.125. The molecule has 0 unspecified atom stereocenters. The molecule has 1 aromatic heterocycles. The Morgan fingerprint density at radius 3 is 2.92 bits per heavy atom. The molecule has 7 heteroatoms. The molecule has 26 heavy (non-hydrogen) atoms. The number of anilines is 1. The van der Waals surface area contributed by atoms with Crippen molar-refractivity contribution in [1.29, 1.82) is 0 Å². The molecular weight excluding hydrogens is 348 g/mol. The van der Waals surface area contributed by atoms with Crippen LogP contribution in [0.4, 0.5) is 10.5 Å². The monoisotopic (exact) mass is 370 g/mol. The van der Waals surface area contributed by atoms with Crippen molar-refractivity contribution in [3.8, 4) is 0 Å². The first-order valence-electron chi connectivity index (χ1n) is 8.91. The summed E-state index contributed by atoms with van der Waals surface area (Å²) in [5.41, 5.74) is 4.56. The summed E-state index contributed by atoms with van der Waals surface area (Å²) in [7, 11) is 0. The summed E-state index contributed by atoms with van der Waals surface area (Å²) < 4.78 is 0. The van der Waals surface area contributed by atoms with E-state index in [4.69, 9.17) is 0 Å². The number of urea groups is 1. The maximum absolute atomic E-state index is 12.9. The first-order valence-corrected chi connectivity index (χ1v) is 9.85. The van der Waals surface area contributed by atoms with E-state index in [0.717, 1.165) is 29.8 Å². The molecule has 0 spiro atoms. The number of carbonyl (C=O) groups is 2. The number of hydrogen-bond acceptors (Lipinski definition) is 4. The SMILES string of the molecule is Cc1ccccc1NC(=O)N1C[C@H]2CC[C@@H](C1)N(Cc1cscn1)C2=O. The number of carbonyl (C=O) groups excluding carboxylic acids is 2. The van der Waals surface area contributed by atoms with Gasteiger partial charge < -0.3 is 15.1 Å². The molecule has 4 heterocycles. The van der Waals surface area contributed by atoms with E-state index in [0.29, 0.717) is 19.6 Å². The molecule has 3 saturated heterocycles. The maximum Gasteiger partial charge on any atom is 0.321 e. The summed E-state index contributed by atoms with van der Waals surface area (Å²) in [5, 5.41) is 4.98. The third kappa shape index (κ3) is 3.31. The molecule has 3 fully saturated rings.